The molecule has 1 aromatic heterocycles. The second-order valence-electron chi connectivity index (χ2n) is 5.40. The Morgan fingerprint density at radius 3 is 2.62 bits per heavy atom. The number of rotatable bonds is 6. The molecule has 2 nitrogen and oxygen atoms in total. The number of benzene rings is 2. The fraction of sp³-hybridized carbons (Fsp3) is 0.263. The van der Waals surface area contributed by atoms with Gasteiger partial charge in [0.05, 0.1) is 6.26 Å². The summed E-state index contributed by atoms with van der Waals surface area (Å²) in [5, 5.41) is 6.20. The third-order valence-corrected chi connectivity index (χ3v) is 3.80. The lowest BCUT2D eigenvalue weighted by molar-refractivity contribution is 0.449. The molecule has 21 heavy (non-hydrogen) atoms. The van der Waals surface area contributed by atoms with Crippen molar-refractivity contribution in [1.82, 2.24) is 5.32 Å². The average Bonchev–Trinajstić information content (AvgIpc) is 3.04. The van der Waals surface area contributed by atoms with Crippen molar-refractivity contribution in [1.29, 1.82) is 0 Å². The Bertz CT molecular complexity index is 688. The van der Waals surface area contributed by atoms with Crippen LogP contribution < -0.4 is 5.32 Å². The molecule has 0 aliphatic carbocycles. The fourth-order valence-electron chi connectivity index (χ4n) is 2.68. The smallest absolute Gasteiger partial charge is 0.105 e. The summed E-state index contributed by atoms with van der Waals surface area (Å²) in [7, 11) is 0. The minimum Gasteiger partial charge on any atom is -0.469 e. The van der Waals surface area contributed by atoms with E-state index in [9.17, 15) is 0 Å². The van der Waals surface area contributed by atoms with Gasteiger partial charge in [-0.15, -0.1) is 0 Å². The zero-order valence-corrected chi connectivity index (χ0v) is 12.4. The van der Waals surface area contributed by atoms with Crippen LogP contribution in [-0.4, -0.2) is 6.54 Å². The standard InChI is InChI=1S/C19H21NO/c1-2-11-20-19(14-18-8-5-12-21-18)17-10-9-15-6-3-4-7-16(15)13-17/h3-10,12-13,19-20H,2,11,14H2,1H3. The minimum absolute atomic E-state index is 0.292. The predicted octanol–water partition coefficient (Wildman–Crippen LogP) is 4.72. The van der Waals surface area contributed by atoms with Crippen LogP contribution in [0.2, 0.25) is 0 Å². The highest BCUT2D eigenvalue weighted by Crippen LogP contribution is 2.23. The Kier molecular flexibility index (Phi) is 4.37. The van der Waals surface area contributed by atoms with Gasteiger partial charge in [0.25, 0.3) is 0 Å². The van der Waals surface area contributed by atoms with Crippen LogP contribution in [-0.2, 0) is 6.42 Å². The van der Waals surface area contributed by atoms with E-state index in [1.807, 2.05) is 12.1 Å². The first-order valence-corrected chi connectivity index (χ1v) is 7.61. The second kappa shape index (κ2) is 6.59. The molecule has 2 heteroatoms. The average molecular weight is 279 g/mol. The van der Waals surface area contributed by atoms with Crippen molar-refractivity contribution < 1.29 is 4.42 Å². The molecule has 0 bridgehead atoms. The van der Waals surface area contributed by atoms with Crippen molar-refractivity contribution >= 4 is 10.8 Å². The highest BCUT2D eigenvalue weighted by Gasteiger charge is 2.13. The molecule has 0 saturated carbocycles. The fourth-order valence-corrected chi connectivity index (χ4v) is 2.68. The van der Waals surface area contributed by atoms with Gasteiger partial charge in [-0.1, -0.05) is 43.3 Å². The molecule has 0 aliphatic heterocycles. The van der Waals surface area contributed by atoms with Crippen molar-refractivity contribution in [3.8, 4) is 0 Å². The second-order valence-corrected chi connectivity index (χ2v) is 5.40. The van der Waals surface area contributed by atoms with Gasteiger partial charge in [-0.05, 0) is 47.5 Å². The van der Waals surface area contributed by atoms with Gasteiger partial charge in [-0.3, -0.25) is 0 Å². The zero-order valence-electron chi connectivity index (χ0n) is 12.4. The van der Waals surface area contributed by atoms with Crippen LogP contribution in [0.4, 0.5) is 0 Å². The van der Waals surface area contributed by atoms with Gasteiger partial charge in [0.15, 0.2) is 0 Å². The lowest BCUT2D eigenvalue weighted by Crippen LogP contribution is -2.23. The van der Waals surface area contributed by atoms with E-state index < -0.39 is 0 Å². The van der Waals surface area contributed by atoms with Crippen LogP contribution in [0, 0.1) is 0 Å². The molecule has 0 radical (unpaired) electrons. The van der Waals surface area contributed by atoms with E-state index in [2.05, 4.69) is 54.7 Å². The first-order valence-electron chi connectivity index (χ1n) is 7.61. The number of hydrogen-bond acceptors (Lipinski definition) is 2. The highest BCUT2D eigenvalue weighted by molar-refractivity contribution is 5.83. The summed E-state index contributed by atoms with van der Waals surface area (Å²) in [5.41, 5.74) is 1.32. The lowest BCUT2D eigenvalue weighted by Gasteiger charge is -2.18. The summed E-state index contributed by atoms with van der Waals surface area (Å²) >= 11 is 0. The number of fused-ring (bicyclic) bond motifs is 1. The van der Waals surface area contributed by atoms with Crippen LogP contribution in [0.3, 0.4) is 0 Å². The van der Waals surface area contributed by atoms with E-state index in [1.165, 1.54) is 16.3 Å². The monoisotopic (exact) mass is 279 g/mol. The molecule has 1 N–H and O–H groups in total. The number of nitrogens with one attached hydrogen (secondary N) is 1. The van der Waals surface area contributed by atoms with Gasteiger partial charge >= 0.3 is 0 Å². The summed E-state index contributed by atoms with van der Waals surface area (Å²) in [6, 6.07) is 19.5. The third-order valence-electron chi connectivity index (χ3n) is 3.80. The van der Waals surface area contributed by atoms with Crippen LogP contribution >= 0.6 is 0 Å². The maximum absolute atomic E-state index is 5.51. The molecule has 108 valence electrons. The van der Waals surface area contributed by atoms with Crippen molar-refractivity contribution in [3.63, 3.8) is 0 Å². The van der Waals surface area contributed by atoms with Gasteiger partial charge in [-0.2, -0.15) is 0 Å². The molecule has 1 atom stereocenters. The first kappa shape index (κ1) is 13.9. The van der Waals surface area contributed by atoms with Crippen LogP contribution in [0.1, 0.15) is 30.7 Å². The van der Waals surface area contributed by atoms with Crippen molar-refractivity contribution in [3.05, 3.63) is 72.2 Å². The molecule has 0 saturated heterocycles. The molecule has 1 unspecified atom stereocenters. The molecule has 0 aliphatic rings. The van der Waals surface area contributed by atoms with Gasteiger partial charge in [0.1, 0.15) is 5.76 Å². The number of hydrogen-bond donors (Lipinski definition) is 1. The Morgan fingerprint density at radius 1 is 1.00 bits per heavy atom. The summed E-state index contributed by atoms with van der Waals surface area (Å²) in [6.07, 6.45) is 3.75. The highest BCUT2D eigenvalue weighted by atomic mass is 16.3. The van der Waals surface area contributed by atoms with Gasteiger partial charge in [0.2, 0.25) is 0 Å². The Labute approximate surface area is 125 Å². The molecule has 0 spiro atoms. The van der Waals surface area contributed by atoms with E-state index in [-0.39, 0.29) is 0 Å². The van der Waals surface area contributed by atoms with E-state index in [0.29, 0.717) is 6.04 Å². The summed E-state index contributed by atoms with van der Waals surface area (Å²) in [4.78, 5) is 0. The van der Waals surface area contributed by atoms with Gasteiger partial charge < -0.3 is 9.73 Å². The summed E-state index contributed by atoms with van der Waals surface area (Å²) in [5.74, 6) is 1.02. The lowest BCUT2D eigenvalue weighted by atomic mass is 9.98. The summed E-state index contributed by atoms with van der Waals surface area (Å²) < 4.78 is 5.51. The summed E-state index contributed by atoms with van der Waals surface area (Å²) in [6.45, 7) is 3.20. The van der Waals surface area contributed by atoms with Crippen LogP contribution in [0.25, 0.3) is 10.8 Å². The Hall–Kier alpha value is -2.06. The first-order chi connectivity index (χ1) is 10.4. The SMILES string of the molecule is CCCNC(Cc1ccco1)c1ccc2ccccc2c1. The topological polar surface area (TPSA) is 25.2 Å². The Morgan fingerprint density at radius 2 is 1.86 bits per heavy atom. The zero-order chi connectivity index (χ0) is 14.5. The van der Waals surface area contributed by atoms with Crippen molar-refractivity contribution in [2.45, 2.75) is 25.8 Å². The molecule has 2 aromatic carbocycles. The maximum atomic E-state index is 5.51. The molecule has 0 amide bonds. The third kappa shape index (κ3) is 3.34. The van der Waals surface area contributed by atoms with E-state index in [1.54, 1.807) is 6.26 Å². The van der Waals surface area contributed by atoms with E-state index in [0.717, 1.165) is 25.1 Å². The number of furan rings is 1. The molecular formula is C19H21NO. The maximum Gasteiger partial charge on any atom is 0.105 e. The van der Waals surface area contributed by atoms with Crippen LogP contribution in [0.15, 0.2) is 65.3 Å². The van der Waals surface area contributed by atoms with E-state index >= 15 is 0 Å². The molecular weight excluding hydrogens is 258 g/mol. The normalized spacial score (nSPS) is 12.6. The Balaban J connectivity index is 1.89. The van der Waals surface area contributed by atoms with Crippen LogP contribution in [0.5, 0.6) is 0 Å². The molecule has 3 aromatic rings. The van der Waals surface area contributed by atoms with E-state index in [4.69, 9.17) is 4.42 Å². The van der Waals surface area contributed by atoms with Crippen molar-refractivity contribution in [2.75, 3.05) is 6.54 Å². The van der Waals surface area contributed by atoms with Gasteiger partial charge in [-0.25, -0.2) is 0 Å². The molecule has 1 heterocycles. The minimum atomic E-state index is 0.292. The quantitative estimate of drug-likeness (QED) is 0.706. The molecule has 3 rings (SSSR count). The van der Waals surface area contributed by atoms with Crippen molar-refractivity contribution in [2.24, 2.45) is 0 Å². The van der Waals surface area contributed by atoms with Gasteiger partial charge in [0, 0.05) is 12.5 Å². The predicted molar refractivity (Wildman–Crippen MR) is 87.4 cm³/mol. The largest absolute Gasteiger partial charge is 0.469 e. The molecule has 0 fully saturated rings.